The van der Waals surface area contributed by atoms with Crippen molar-refractivity contribution in [1.29, 1.82) is 0 Å². The van der Waals surface area contributed by atoms with Gasteiger partial charge < -0.3 is 10.6 Å². The van der Waals surface area contributed by atoms with Crippen LogP contribution in [0, 0.1) is 6.92 Å². The summed E-state index contributed by atoms with van der Waals surface area (Å²) < 4.78 is 36.8. The number of nitrogens with zero attached hydrogens (tertiary/aromatic N) is 2. The second-order valence-electron chi connectivity index (χ2n) is 4.52. The van der Waals surface area contributed by atoms with Crippen molar-refractivity contribution in [1.82, 2.24) is 9.97 Å². The number of aromatic nitrogens is 2. The Morgan fingerprint density at radius 3 is 2.63 bits per heavy atom. The maximum atomic E-state index is 12.3. The first-order valence-electron chi connectivity index (χ1n) is 6.22. The van der Waals surface area contributed by atoms with Gasteiger partial charge in [0.25, 0.3) is 0 Å². The fourth-order valence-electron chi connectivity index (χ4n) is 1.54. The third kappa shape index (κ3) is 5.76. The molecule has 1 aromatic rings. The van der Waals surface area contributed by atoms with E-state index in [1.54, 1.807) is 13.1 Å². The minimum atomic E-state index is -4.18. The van der Waals surface area contributed by atoms with Gasteiger partial charge in [-0.15, -0.1) is 0 Å². The average molecular weight is 276 g/mol. The lowest BCUT2D eigenvalue weighted by Gasteiger charge is -2.18. The van der Waals surface area contributed by atoms with Crippen LogP contribution >= 0.6 is 0 Å². The smallest absolute Gasteiger partial charge is 0.367 e. The Hall–Kier alpha value is -1.53. The number of halogens is 3. The quantitative estimate of drug-likeness (QED) is 0.836. The van der Waals surface area contributed by atoms with Crippen molar-refractivity contribution in [2.75, 3.05) is 17.2 Å². The fourth-order valence-corrected chi connectivity index (χ4v) is 1.54. The van der Waals surface area contributed by atoms with Crippen molar-refractivity contribution in [3.05, 3.63) is 11.8 Å². The molecule has 0 radical (unpaired) electrons. The Kier molecular flexibility index (Phi) is 5.38. The van der Waals surface area contributed by atoms with E-state index < -0.39 is 18.6 Å². The van der Waals surface area contributed by atoms with Crippen LogP contribution in [0.3, 0.4) is 0 Å². The van der Waals surface area contributed by atoms with Crippen LogP contribution in [0.25, 0.3) is 0 Å². The standard InChI is InChI=1S/C12H19F3N4/c1-4-5-16-11-17-7-8(2)10(19-11)18-9(3)6-12(13,14)15/h7,9H,4-6H2,1-3H3,(H2,16,17,18,19). The van der Waals surface area contributed by atoms with Gasteiger partial charge in [0.2, 0.25) is 5.95 Å². The highest BCUT2D eigenvalue weighted by Gasteiger charge is 2.30. The minimum Gasteiger partial charge on any atom is -0.367 e. The van der Waals surface area contributed by atoms with E-state index in [1.807, 2.05) is 6.92 Å². The highest BCUT2D eigenvalue weighted by Crippen LogP contribution is 2.23. The molecule has 19 heavy (non-hydrogen) atoms. The van der Waals surface area contributed by atoms with E-state index in [-0.39, 0.29) is 0 Å². The van der Waals surface area contributed by atoms with Crippen molar-refractivity contribution < 1.29 is 13.2 Å². The second-order valence-corrected chi connectivity index (χ2v) is 4.52. The maximum Gasteiger partial charge on any atom is 0.391 e. The predicted molar refractivity (Wildman–Crippen MR) is 69.3 cm³/mol. The molecule has 0 bridgehead atoms. The summed E-state index contributed by atoms with van der Waals surface area (Å²) >= 11 is 0. The molecule has 0 saturated heterocycles. The van der Waals surface area contributed by atoms with Crippen LogP contribution in [-0.4, -0.2) is 28.7 Å². The van der Waals surface area contributed by atoms with Crippen LogP contribution in [0.2, 0.25) is 0 Å². The van der Waals surface area contributed by atoms with Gasteiger partial charge in [0.1, 0.15) is 5.82 Å². The summed E-state index contributed by atoms with van der Waals surface area (Å²) in [6, 6.07) is -0.729. The summed E-state index contributed by atoms with van der Waals surface area (Å²) in [7, 11) is 0. The Balaban J connectivity index is 2.70. The monoisotopic (exact) mass is 276 g/mol. The molecule has 0 aromatic carbocycles. The van der Waals surface area contributed by atoms with Gasteiger partial charge in [-0.3, -0.25) is 0 Å². The lowest BCUT2D eigenvalue weighted by atomic mass is 10.2. The molecule has 0 saturated carbocycles. The second kappa shape index (κ2) is 6.58. The molecule has 0 amide bonds. The highest BCUT2D eigenvalue weighted by molar-refractivity contribution is 5.46. The van der Waals surface area contributed by atoms with Gasteiger partial charge >= 0.3 is 6.18 Å². The summed E-state index contributed by atoms with van der Waals surface area (Å²) in [5.74, 6) is 0.861. The summed E-state index contributed by atoms with van der Waals surface area (Å²) in [5, 5.41) is 5.77. The zero-order valence-corrected chi connectivity index (χ0v) is 11.3. The summed E-state index contributed by atoms with van der Waals surface area (Å²) in [6.07, 6.45) is -2.57. The summed E-state index contributed by atoms with van der Waals surface area (Å²) in [6.45, 7) is 5.97. The first-order chi connectivity index (χ1) is 8.81. The topological polar surface area (TPSA) is 49.8 Å². The number of hydrogen-bond donors (Lipinski definition) is 2. The van der Waals surface area contributed by atoms with E-state index in [1.165, 1.54) is 6.92 Å². The molecule has 0 aliphatic heterocycles. The first kappa shape index (κ1) is 15.5. The van der Waals surface area contributed by atoms with Gasteiger partial charge in [-0.05, 0) is 20.3 Å². The minimum absolute atomic E-state index is 0.425. The number of aryl methyl sites for hydroxylation is 1. The van der Waals surface area contributed by atoms with Crippen LogP contribution in [-0.2, 0) is 0 Å². The normalized spacial score (nSPS) is 13.2. The summed E-state index contributed by atoms with van der Waals surface area (Å²) in [4.78, 5) is 8.25. The molecule has 1 atom stereocenters. The maximum absolute atomic E-state index is 12.3. The molecule has 0 aliphatic carbocycles. The molecule has 1 aromatic heterocycles. The predicted octanol–water partition coefficient (Wildman–Crippen LogP) is 3.36. The average Bonchev–Trinajstić information content (AvgIpc) is 2.27. The molecular formula is C12H19F3N4. The molecule has 4 nitrogen and oxygen atoms in total. The molecule has 1 unspecified atom stereocenters. The largest absolute Gasteiger partial charge is 0.391 e. The molecule has 0 spiro atoms. The molecule has 7 heteroatoms. The summed E-state index contributed by atoms with van der Waals surface area (Å²) in [5.41, 5.74) is 0.719. The Labute approximate surface area is 110 Å². The van der Waals surface area contributed by atoms with E-state index >= 15 is 0 Å². The van der Waals surface area contributed by atoms with E-state index in [0.717, 1.165) is 18.5 Å². The van der Waals surface area contributed by atoms with E-state index in [4.69, 9.17) is 0 Å². The van der Waals surface area contributed by atoms with Crippen LogP contribution < -0.4 is 10.6 Å². The Morgan fingerprint density at radius 1 is 1.37 bits per heavy atom. The van der Waals surface area contributed by atoms with Gasteiger partial charge in [-0.25, -0.2) is 4.98 Å². The van der Waals surface area contributed by atoms with Gasteiger partial charge in [-0.1, -0.05) is 6.92 Å². The van der Waals surface area contributed by atoms with Crippen LogP contribution in [0.1, 0.15) is 32.3 Å². The van der Waals surface area contributed by atoms with Crippen LogP contribution in [0.4, 0.5) is 24.9 Å². The first-order valence-corrected chi connectivity index (χ1v) is 6.22. The Morgan fingerprint density at radius 2 is 2.05 bits per heavy atom. The third-order valence-corrected chi connectivity index (χ3v) is 2.43. The highest BCUT2D eigenvalue weighted by atomic mass is 19.4. The van der Waals surface area contributed by atoms with E-state index in [0.29, 0.717) is 11.8 Å². The van der Waals surface area contributed by atoms with Gasteiger partial charge in [-0.2, -0.15) is 18.2 Å². The number of rotatable bonds is 6. The lowest BCUT2D eigenvalue weighted by Crippen LogP contribution is -2.25. The van der Waals surface area contributed by atoms with Crippen LogP contribution in [0.5, 0.6) is 0 Å². The zero-order chi connectivity index (χ0) is 14.5. The third-order valence-electron chi connectivity index (χ3n) is 2.43. The zero-order valence-electron chi connectivity index (χ0n) is 11.3. The lowest BCUT2D eigenvalue weighted by molar-refractivity contribution is -0.136. The molecular weight excluding hydrogens is 257 g/mol. The fraction of sp³-hybridized carbons (Fsp3) is 0.667. The number of anilines is 2. The number of hydrogen-bond acceptors (Lipinski definition) is 4. The van der Waals surface area contributed by atoms with Crippen molar-refractivity contribution in [2.45, 2.75) is 45.8 Å². The molecule has 0 fully saturated rings. The van der Waals surface area contributed by atoms with E-state index in [9.17, 15) is 13.2 Å². The number of nitrogens with one attached hydrogen (secondary N) is 2. The molecule has 1 heterocycles. The van der Waals surface area contributed by atoms with Gasteiger partial charge in [0, 0.05) is 24.3 Å². The van der Waals surface area contributed by atoms with Crippen molar-refractivity contribution >= 4 is 11.8 Å². The van der Waals surface area contributed by atoms with Crippen molar-refractivity contribution in [3.8, 4) is 0 Å². The van der Waals surface area contributed by atoms with Gasteiger partial charge in [0.15, 0.2) is 0 Å². The van der Waals surface area contributed by atoms with Crippen LogP contribution in [0.15, 0.2) is 6.20 Å². The SMILES string of the molecule is CCCNc1ncc(C)c(NC(C)CC(F)(F)F)n1. The molecule has 2 N–H and O–H groups in total. The molecule has 1 rings (SSSR count). The number of alkyl halides is 3. The van der Waals surface area contributed by atoms with Gasteiger partial charge in [0.05, 0.1) is 6.42 Å². The van der Waals surface area contributed by atoms with Crippen molar-refractivity contribution in [3.63, 3.8) is 0 Å². The molecule has 108 valence electrons. The molecule has 0 aliphatic rings. The van der Waals surface area contributed by atoms with Crippen molar-refractivity contribution in [2.24, 2.45) is 0 Å². The van der Waals surface area contributed by atoms with E-state index in [2.05, 4.69) is 20.6 Å². The Bertz CT molecular complexity index is 406.